The van der Waals surface area contributed by atoms with E-state index in [9.17, 15) is 0 Å². The molecule has 0 atom stereocenters. The van der Waals surface area contributed by atoms with Gasteiger partial charge in [-0.05, 0) is 29.8 Å². The quantitative estimate of drug-likeness (QED) is 0.376. The monoisotopic (exact) mass is 484 g/mol. The smallest absolute Gasteiger partial charge is 0.191 e. The van der Waals surface area contributed by atoms with Crippen molar-refractivity contribution >= 4 is 29.9 Å². The van der Waals surface area contributed by atoms with Crippen LogP contribution >= 0.6 is 24.0 Å². The van der Waals surface area contributed by atoms with E-state index in [1.165, 1.54) is 5.56 Å². The van der Waals surface area contributed by atoms with Crippen molar-refractivity contribution in [1.29, 1.82) is 0 Å². The summed E-state index contributed by atoms with van der Waals surface area (Å²) >= 11 is 0. The highest BCUT2D eigenvalue weighted by molar-refractivity contribution is 14.0. The first-order chi connectivity index (χ1) is 12.6. The second-order valence-corrected chi connectivity index (χ2v) is 7.02. The SMILES string of the molecule is CN=C(NCCn1cccc1)NCC(C)(C)c1ccc2c(c1)OCCO2.I. The summed E-state index contributed by atoms with van der Waals surface area (Å²) in [6.45, 7) is 8.11. The summed E-state index contributed by atoms with van der Waals surface area (Å²) in [6.07, 6.45) is 4.12. The van der Waals surface area contributed by atoms with E-state index in [1.54, 1.807) is 7.05 Å². The Morgan fingerprint density at radius 1 is 1.11 bits per heavy atom. The summed E-state index contributed by atoms with van der Waals surface area (Å²) in [5, 5.41) is 6.78. The van der Waals surface area contributed by atoms with E-state index < -0.39 is 0 Å². The van der Waals surface area contributed by atoms with Crippen LogP contribution < -0.4 is 20.1 Å². The molecule has 0 unspecified atom stereocenters. The van der Waals surface area contributed by atoms with Gasteiger partial charge in [0, 0.05) is 44.5 Å². The van der Waals surface area contributed by atoms with Crippen molar-refractivity contribution in [3.8, 4) is 11.5 Å². The van der Waals surface area contributed by atoms with Crippen molar-refractivity contribution in [3.63, 3.8) is 0 Å². The normalized spacial score (nSPS) is 13.7. The fourth-order valence-corrected chi connectivity index (χ4v) is 2.91. The van der Waals surface area contributed by atoms with Gasteiger partial charge in [-0.3, -0.25) is 4.99 Å². The zero-order valence-corrected chi connectivity index (χ0v) is 18.5. The van der Waals surface area contributed by atoms with Crippen molar-refractivity contribution in [2.75, 3.05) is 33.4 Å². The number of rotatable bonds is 6. The van der Waals surface area contributed by atoms with Crippen LogP contribution in [0, 0.1) is 0 Å². The number of benzene rings is 1. The fourth-order valence-electron chi connectivity index (χ4n) is 2.91. The van der Waals surface area contributed by atoms with Crippen molar-refractivity contribution in [3.05, 3.63) is 48.3 Å². The van der Waals surface area contributed by atoms with Crippen LogP contribution in [0.5, 0.6) is 11.5 Å². The number of ether oxygens (including phenoxy) is 2. The maximum Gasteiger partial charge on any atom is 0.191 e. The molecule has 2 heterocycles. The molecule has 0 bridgehead atoms. The third kappa shape index (κ3) is 5.79. The van der Waals surface area contributed by atoms with Gasteiger partial charge in [0.05, 0.1) is 0 Å². The van der Waals surface area contributed by atoms with Crippen LogP contribution in [-0.4, -0.2) is 43.9 Å². The average molecular weight is 484 g/mol. The van der Waals surface area contributed by atoms with Gasteiger partial charge >= 0.3 is 0 Å². The number of nitrogens with one attached hydrogen (secondary N) is 2. The van der Waals surface area contributed by atoms with Gasteiger partial charge < -0.3 is 24.7 Å². The van der Waals surface area contributed by atoms with Gasteiger partial charge in [0.15, 0.2) is 17.5 Å². The Morgan fingerprint density at radius 3 is 2.52 bits per heavy atom. The number of aliphatic imine (C=N–C) groups is 1. The Labute approximate surface area is 178 Å². The van der Waals surface area contributed by atoms with Crippen LogP contribution in [0.2, 0.25) is 0 Å². The van der Waals surface area contributed by atoms with Crippen LogP contribution in [0.25, 0.3) is 0 Å². The molecular formula is C20H29IN4O2. The first-order valence-electron chi connectivity index (χ1n) is 9.04. The predicted octanol–water partition coefficient (Wildman–Crippen LogP) is 3.02. The van der Waals surface area contributed by atoms with E-state index >= 15 is 0 Å². The molecule has 0 radical (unpaired) electrons. The van der Waals surface area contributed by atoms with Gasteiger partial charge in [-0.2, -0.15) is 0 Å². The molecule has 1 aromatic heterocycles. The maximum atomic E-state index is 5.71. The van der Waals surface area contributed by atoms with Crippen LogP contribution in [0.15, 0.2) is 47.7 Å². The second-order valence-electron chi connectivity index (χ2n) is 7.02. The number of hydrogen-bond donors (Lipinski definition) is 2. The molecule has 6 nitrogen and oxygen atoms in total. The van der Waals surface area contributed by atoms with Gasteiger partial charge in [0.25, 0.3) is 0 Å². The highest BCUT2D eigenvalue weighted by Gasteiger charge is 2.23. The third-order valence-corrected chi connectivity index (χ3v) is 4.57. The lowest BCUT2D eigenvalue weighted by molar-refractivity contribution is 0.171. The molecule has 27 heavy (non-hydrogen) atoms. The van der Waals surface area contributed by atoms with E-state index in [0.717, 1.165) is 37.1 Å². The summed E-state index contributed by atoms with van der Waals surface area (Å²) in [5.74, 6) is 2.46. The van der Waals surface area contributed by atoms with Gasteiger partial charge in [-0.25, -0.2) is 0 Å². The molecule has 2 N–H and O–H groups in total. The molecule has 7 heteroatoms. The van der Waals surface area contributed by atoms with Crippen molar-refractivity contribution in [1.82, 2.24) is 15.2 Å². The van der Waals surface area contributed by atoms with Crippen molar-refractivity contribution in [2.45, 2.75) is 25.8 Å². The number of guanidine groups is 1. The van der Waals surface area contributed by atoms with Crippen LogP contribution in [0.4, 0.5) is 0 Å². The minimum atomic E-state index is -0.0755. The molecule has 0 spiro atoms. The largest absolute Gasteiger partial charge is 0.486 e. The van der Waals surface area contributed by atoms with Crippen LogP contribution in [0.1, 0.15) is 19.4 Å². The highest BCUT2D eigenvalue weighted by atomic mass is 127. The molecule has 148 valence electrons. The number of aromatic nitrogens is 1. The van der Waals surface area contributed by atoms with Gasteiger partial charge in [-0.1, -0.05) is 19.9 Å². The summed E-state index contributed by atoms with van der Waals surface area (Å²) in [7, 11) is 1.79. The fraction of sp³-hybridized carbons (Fsp3) is 0.450. The first kappa shape index (κ1) is 21.4. The molecule has 0 saturated heterocycles. The average Bonchev–Trinajstić information content (AvgIpc) is 3.17. The zero-order valence-electron chi connectivity index (χ0n) is 16.2. The molecular weight excluding hydrogens is 455 g/mol. The summed E-state index contributed by atoms with van der Waals surface area (Å²) in [4.78, 5) is 4.31. The molecule has 2 aromatic rings. The number of halogens is 1. The molecule has 0 saturated carbocycles. The Morgan fingerprint density at radius 2 is 1.81 bits per heavy atom. The third-order valence-electron chi connectivity index (χ3n) is 4.57. The minimum absolute atomic E-state index is 0. The Hall–Kier alpha value is -1.90. The second kappa shape index (κ2) is 9.87. The van der Waals surface area contributed by atoms with Crippen molar-refractivity contribution in [2.24, 2.45) is 4.99 Å². The first-order valence-corrected chi connectivity index (χ1v) is 9.04. The Bertz CT molecular complexity index is 744. The minimum Gasteiger partial charge on any atom is -0.486 e. The van der Waals surface area contributed by atoms with Gasteiger partial charge in [0.2, 0.25) is 0 Å². The zero-order chi connectivity index (χ0) is 18.4. The molecule has 0 amide bonds. The van der Waals surface area contributed by atoms with Crippen LogP contribution in [0.3, 0.4) is 0 Å². The summed E-state index contributed by atoms with van der Waals surface area (Å²) in [5.41, 5.74) is 1.13. The van der Waals surface area contributed by atoms with E-state index in [2.05, 4.69) is 58.6 Å². The number of hydrogen-bond acceptors (Lipinski definition) is 3. The van der Waals surface area contributed by atoms with Gasteiger partial charge in [-0.15, -0.1) is 24.0 Å². The van der Waals surface area contributed by atoms with Gasteiger partial charge in [0.1, 0.15) is 13.2 Å². The lowest BCUT2D eigenvalue weighted by atomic mass is 9.84. The topological polar surface area (TPSA) is 59.8 Å². The van der Waals surface area contributed by atoms with E-state index in [0.29, 0.717) is 13.2 Å². The number of nitrogens with zero attached hydrogens (tertiary/aromatic N) is 2. The lowest BCUT2D eigenvalue weighted by Crippen LogP contribution is -2.44. The highest BCUT2D eigenvalue weighted by Crippen LogP contribution is 2.34. The summed E-state index contributed by atoms with van der Waals surface area (Å²) in [6, 6.07) is 10.2. The molecule has 0 aliphatic carbocycles. The van der Waals surface area contributed by atoms with Crippen molar-refractivity contribution < 1.29 is 9.47 Å². The Kier molecular flexibility index (Phi) is 7.82. The molecule has 3 rings (SSSR count). The van der Waals surface area contributed by atoms with E-state index in [1.807, 2.05) is 18.2 Å². The number of fused-ring (bicyclic) bond motifs is 1. The Balaban J connectivity index is 0.00000261. The standard InChI is InChI=1S/C20H28N4O2.HI/c1-20(2,16-6-7-17-18(14-16)26-13-12-25-17)15-23-19(21-3)22-8-11-24-9-4-5-10-24;/h4-7,9-10,14H,8,11-13,15H2,1-3H3,(H2,21,22,23);1H. The maximum absolute atomic E-state index is 5.71. The molecule has 1 aromatic carbocycles. The van der Waals surface area contributed by atoms with E-state index in [4.69, 9.17) is 9.47 Å². The molecule has 1 aliphatic rings. The molecule has 1 aliphatic heterocycles. The summed E-state index contributed by atoms with van der Waals surface area (Å²) < 4.78 is 13.5. The predicted molar refractivity (Wildman–Crippen MR) is 120 cm³/mol. The molecule has 0 fully saturated rings. The lowest BCUT2D eigenvalue weighted by Gasteiger charge is -2.28. The van der Waals surface area contributed by atoms with Crippen LogP contribution in [-0.2, 0) is 12.0 Å². The van der Waals surface area contributed by atoms with E-state index in [-0.39, 0.29) is 29.4 Å².